The van der Waals surface area contributed by atoms with Gasteiger partial charge in [0.05, 0.1) is 6.04 Å². The molecule has 1 aliphatic heterocycles. The molecule has 5 aliphatic rings. The first kappa shape index (κ1) is 30.6. The van der Waals surface area contributed by atoms with E-state index in [-0.39, 0.29) is 41.1 Å². The fraction of sp³-hybridized carbons (Fsp3) is 0.676. The van der Waals surface area contributed by atoms with E-state index in [2.05, 4.69) is 48.9 Å². The number of alkyl carbamates (subject to hydrolysis) is 1. The number of likely N-dealkylation sites (N-methyl/N-ethyl adjacent to an activating group) is 1. The molecule has 4 unspecified atom stereocenters. The van der Waals surface area contributed by atoms with Crippen LogP contribution in [0.3, 0.4) is 0 Å². The molecule has 1 aromatic rings. The smallest absolute Gasteiger partial charge is 0.408 e. The van der Waals surface area contributed by atoms with Gasteiger partial charge in [0.2, 0.25) is 17.6 Å². The van der Waals surface area contributed by atoms with Gasteiger partial charge in [0, 0.05) is 13.6 Å². The molecule has 4 aliphatic carbocycles. The number of carbonyl (C=O) groups excluding carboxylic acids is 5. The SMILES string of the molecule is CNC(=O)C(=O)C(CC1CC1)NC(=O)C1C2C(CN1C(=O)[C@@H](NC(=O)O[C@H]1CCC[C@@H]1C)C1Cc3ccccc3C1)C2(C)C. The molecule has 10 heteroatoms. The number of ether oxygens (including phenoxy) is 1. The quantitative estimate of drug-likeness (QED) is 0.351. The summed E-state index contributed by atoms with van der Waals surface area (Å²) in [5.74, 6) is -1.66. The number of hydrogen-bond donors (Lipinski definition) is 3. The molecule has 1 saturated heterocycles. The summed E-state index contributed by atoms with van der Waals surface area (Å²) in [6.07, 6.45) is 5.67. The van der Waals surface area contributed by atoms with Crippen molar-refractivity contribution >= 4 is 29.6 Å². The third kappa shape index (κ3) is 5.84. The molecule has 0 spiro atoms. The molecule has 4 fully saturated rings. The zero-order chi connectivity index (χ0) is 31.3. The summed E-state index contributed by atoms with van der Waals surface area (Å²) >= 11 is 0. The van der Waals surface area contributed by atoms with Gasteiger partial charge in [-0.2, -0.15) is 0 Å². The van der Waals surface area contributed by atoms with Crippen molar-refractivity contribution in [2.45, 2.75) is 96.4 Å². The average molecular weight is 607 g/mol. The van der Waals surface area contributed by atoms with Crippen LogP contribution in [-0.2, 0) is 36.8 Å². The first-order chi connectivity index (χ1) is 21.0. The Labute approximate surface area is 259 Å². The summed E-state index contributed by atoms with van der Waals surface area (Å²) in [5, 5.41) is 8.22. The lowest BCUT2D eigenvalue weighted by Gasteiger charge is -2.35. The minimum Gasteiger partial charge on any atom is -0.446 e. The van der Waals surface area contributed by atoms with Gasteiger partial charge in [-0.05, 0) is 84.7 Å². The maximum Gasteiger partial charge on any atom is 0.408 e. The Kier molecular flexibility index (Phi) is 8.22. The Morgan fingerprint density at radius 2 is 1.68 bits per heavy atom. The van der Waals surface area contributed by atoms with Crippen molar-refractivity contribution in [3.05, 3.63) is 35.4 Å². The highest BCUT2D eigenvalue weighted by molar-refractivity contribution is 6.38. The number of hydrogen-bond acceptors (Lipinski definition) is 6. The van der Waals surface area contributed by atoms with Gasteiger partial charge in [-0.25, -0.2) is 4.79 Å². The van der Waals surface area contributed by atoms with Gasteiger partial charge in [-0.15, -0.1) is 0 Å². The van der Waals surface area contributed by atoms with Crippen molar-refractivity contribution in [2.24, 2.45) is 35.0 Å². The summed E-state index contributed by atoms with van der Waals surface area (Å²) in [7, 11) is 1.40. The van der Waals surface area contributed by atoms with Crippen LogP contribution in [0.15, 0.2) is 24.3 Å². The average Bonchev–Trinajstić information content (AvgIpc) is 3.63. The number of fused-ring (bicyclic) bond motifs is 2. The number of amides is 4. The normalized spacial score (nSPS) is 29.6. The lowest BCUT2D eigenvalue weighted by Crippen LogP contribution is -2.59. The van der Waals surface area contributed by atoms with Crippen LogP contribution in [0.4, 0.5) is 4.79 Å². The number of rotatable bonds is 10. The molecule has 3 saturated carbocycles. The van der Waals surface area contributed by atoms with Crippen molar-refractivity contribution in [1.82, 2.24) is 20.9 Å². The fourth-order valence-electron chi connectivity index (χ4n) is 8.24. The van der Waals surface area contributed by atoms with Crippen molar-refractivity contribution < 1.29 is 28.7 Å². The number of nitrogens with zero attached hydrogens (tertiary/aromatic N) is 1. The Balaban J connectivity index is 1.23. The Morgan fingerprint density at radius 3 is 2.27 bits per heavy atom. The molecule has 10 nitrogen and oxygen atoms in total. The van der Waals surface area contributed by atoms with Gasteiger partial charge in [0.15, 0.2) is 0 Å². The van der Waals surface area contributed by atoms with Gasteiger partial charge in [0.25, 0.3) is 5.91 Å². The molecule has 4 amide bonds. The largest absolute Gasteiger partial charge is 0.446 e. The van der Waals surface area contributed by atoms with Crippen LogP contribution in [0.2, 0.25) is 0 Å². The zero-order valence-electron chi connectivity index (χ0n) is 26.3. The standard InChI is InChI=1S/C34H46N4O6/c1-18-8-7-11-25(18)44-33(43)37-27(22-15-20-9-5-6-10-21(20)16-22)32(42)38-17-23-26(34(23,2)3)28(38)30(40)36-24(14-19-12-13-19)29(39)31(41)35-4/h5-6,9-10,18-19,22-28H,7-8,11-17H2,1-4H3,(H,35,41)(H,36,40)(H,37,43)/t18-,23?,24?,25-,26?,27-,28?/m0/s1. The minimum atomic E-state index is -0.936. The van der Waals surface area contributed by atoms with E-state index in [9.17, 15) is 24.0 Å². The van der Waals surface area contributed by atoms with E-state index in [1.165, 1.54) is 7.05 Å². The van der Waals surface area contributed by atoms with E-state index < -0.39 is 41.8 Å². The van der Waals surface area contributed by atoms with E-state index in [0.717, 1.165) is 43.2 Å². The monoisotopic (exact) mass is 606 g/mol. The van der Waals surface area contributed by atoms with E-state index in [1.807, 2.05) is 12.1 Å². The lowest BCUT2D eigenvalue weighted by molar-refractivity contribution is -0.144. The van der Waals surface area contributed by atoms with E-state index in [0.29, 0.717) is 31.7 Å². The number of Topliss-reactive ketones (excluding diaryl/α,β-unsaturated/α-hetero) is 1. The molecule has 0 radical (unpaired) electrons. The van der Waals surface area contributed by atoms with Crippen molar-refractivity contribution in [3.63, 3.8) is 0 Å². The van der Waals surface area contributed by atoms with Gasteiger partial charge in [-0.1, -0.05) is 57.9 Å². The van der Waals surface area contributed by atoms with Crippen molar-refractivity contribution in [1.29, 1.82) is 0 Å². The molecule has 3 N–H and O–H groups in total. The third-order valence-electron chi connectivity index (χ3n) is 11.2. The number of ketones is 1. The molecule has 1 heterocycles. The van der Waals surface area contributed by atoms with Gasteiger partial charge in [0.1, 0.15) is 18.2 Å². The van der Waals surface area contributed by atoms with Gasteiger partial charge >= 0.3 is 6.09 Å². The molecule has 6 rings (SSSR count). The van der Waals surface area contributed by atoms with Gasteiger partial charge < -0.3 is 25.6 Å². The third-order valence-corrected chi connectivity index (χ3v) is 11.2. The number of nitrogens with one attached hydrogen (secondary N) is 3. The Bertz CT molecular complexity index is 1320. The highest BCUT2D eigenvalue weighted by atomic mass is 16.6. The summed E-state index contributed by atoms with van der Waals surface area (Å²) in [4.78, 5) is 68.6. The molecule has 1 aromatic carbocycles. The highest BCUT2D eigenvalue weighted by Crippen LogP contribution is 2.65. The second kappa shape index (κ2) is 11.8. The van der Waals surface area contributed by atoms with E-state index >= 15 is 0 Å². The van der Waals surface area contributed by atoms with Crippen molar-refractivity contribution in [2.75, 3.05) is 13.6 Å². The van der Waals surface area contributed by atoms with Crippen LogP contribution in [-0.4, -0.2) is 72.3 Å². The highest BCUT2D eigenvalue weighted by Gasteiger charge is 2.70. The van der Waals surface area contributed by atoms with Crippen LogP contribution in [0.1, 0.15) is 70.4 Å². The van der Waals surface area contributed by atoms with Crippen LogP contribution in [0.25, 0.3) is 0 Å². The lowest BCUT2D eigenvalue weighted by atomic mass is 9.93. The second-order valence-electron chi connectivity index (χ2n) is 14.5. The number of likely N-dealkylation sites (tertiary alicyclic amines) is 1. The summed E-state index contributed by atoms with van der Waals surface area (Å²) < 4.78 is 5.82. The van der Waals surface area contributed by atoms with Crippen molar-refractivity contribution in [3.8, 4) is 0 Å². The maximum absolute atomic E-state index is 14.5. The summed E-state index contributed by atoms with van der Waals surface area (Å²) in [6, 6.07) is 5.49. The van der Waals surface area contributed by atoms with E-state index in [4.69, 9.17) is 4.74 Å². The van der Waals surface area contributed by atoms with Gasteiger partial charge in [-0.3, -0.25) is 19.2 Å². The van der Waals surface area contributed by atoms with Crippen LogP contribution in [0.5, 0.6) is 0 Å². The maximum atomic E-state index is 14.5. The zero-order valence-corrected chi connectivity index (χ0v) is 26.3. The predicted molar refractivity (Wildman–Crippen MR) is 162 cm³/mol. The topological polar surface area (TPSA) is 134 Å². The van der Waals surface area contributed by atoms with Crippen LogP contribution in [0, 0.1) is 35.0 Å². The van der Waals surface area contributed by atoms with E-state index in [1.54, 1.807) is 4.90 Å². The molecule has 0 aromatic heterocycles. The molecule has 238 valence electrons. The van der Waals surface area contributed by atoms with Crippen LogP contribution < -0.4 is 16.0 Å². The minimum absolute atomic E-state index is 0.0733. The number of carbonyl (C=O) groups is 5. The number of benzene rings is 1. The molecule has 0 bridgehead atoms. The van der Waals surface area contributed by atoms with Crippen LogP contribution >= 0.6 is 0 Å². The fourth-order valence-corrected chi connectivity index (χ4v) is 8.24. The number of piperidine rings is 1. The molecular weight excluding hydrogens is 560 g/mol. The molecular formula is C34H46N4O6. The summed E-state index contributed by atoms with van der Waals surface area (Å²) in [5.41, 5.74) is 2.18. The first-order valence-electron chi connectivity index (χ1n) is 16.4. The summed E-state index contributed by atoms with van der Waals surface area (Å²) in [6.45, 7) is 6.68. The molecule has 44 heavy (non-hydrogen) atoms. The Hall–Kier alpha value is -3.43. The molecule has 7 atom stereocenters. The predicted octanol–water partition coefficient (Wildman–Crippen LogP) is 2.77. The first-order valence-corrected chi connectivity index (χ1v) is 16.4. The second-order valence-corrected chi connectivity index (χ2v) is 14.5. The Morgan fingerprint density at radius 1 is 1.00 bits per heavy atom.